The maximum absolute atomic E-state index is 14.1. The van der Waals surface area contributed by atoms with Crippen LogP contribution in [0, 0.1) is 11.6 Å². The first-order valence-electron chi connectivity index (χ1n) is 10.6. The lowest BCUT2D eigenvalue weighted by atomic mass is 9.94. The molecule has 10 heteroatoms. The number of aliphatic hydroxyl groups is 1. The van der Waals surface area contributed by atoms with Crippen LogP contribution in [0.4, 0.5) is 14.5 Å². The van der Waals surface area contributed by atoms with Gasteiger partial charge in [0.1, 0.15) is 5.76 Å². The number of benzene rings is 3. The first-order valence-corrected chi connectivity index (χ1v) is 10.6. The minimum absolute atomic E-state index is 0.123. The molecule has 0 spiro atoms. The highest BCUT2D eigenvalue weighted by molar-refractivity contribution is 6.51. The third-order valence-corrected chi connectivity index (χ3v) is 5.80. The van der Waals surface area contributed by atoms with Gasteiger partial charge in [0.2, 0.25) is 0 Å². The minimum Gasteiger partial charge on any atom is -0.507 e. The Morgan fingerprint density at radius 3 is 2.11 bits per heavy atom. The van der Waals surface area contributed by atoms with E-state index in [1.165, 1.54) is 57.7 Å². The second-order valence-corrected chi connectivity index (χ2v) is 7.77. The number of nitrogens with zero attached hydrogens (tertiary/aromatic N) is 1. The molecular formula is C26H21F2NO7. The van der Waals surface area contributed by atoms with Crippen molar-refractivity contribution in [3.05, 3.63) is 82.9 Å². The van der Waals surface area contributed by atoms with E-state index < -0.39 is 35.1 Å². The molecule has 4 rings (SSSR count). The number of halogens is 2. The van der Waals surface area contributed by atoms with Gasteiger partial charge in [-0.3, -0.25) is 14.5 Å². The molecule has 1 aliphatic heterocycles. The maximum atomic E-state index is 14.1. The third-order valence-electron chi connectivity index (χ3n) is 5.80. The fourth-order valence-electron chi connectivity index (χ4n) is 4.07. The summed E-state index contributed by atoms with van der Waals surface area (Å²) in [6, 6.07) is 9.96. The average Bonchev–Trinajstić information content (AvgIpc) is 3.14. The van der Waals surface area contributed by atoms with Crippen LogP contribution in [0.1, 0.15) is 17.2 Å². The molecule has 0 bridgehead atoms. The average molecular weight is 497 g/mol. The molecule has 2 N–H and O–H groups in total. The number of phenols is 1. The van der Waals surface area contributed by atoms with Crippen molar-refractivity contribution >= 4 is 23.1 Å². The van der Waals surface area contributed by atoms with E-state index in [9.17, 15) is 28.6 Å². The second kappa shape index (κ2) is 9.57. The number of aromatic hydroxyl groups is 1. The Hall–Kier alpha value is -4.60. The molecule has 1 fully saturated rings. The Morgan fingerprint density at radius 1 is 0.833 bits per heavy atom. The van der Waals surface area contributed by atoms with Gasteiger partial charge < -0.3 is 24.4 Å². The number of ketones is 1. The third kappa shape index (κ3) is 4.06. The van der Waals surface area contributed by atoms with Crippen LogP contribution in [0.25, 0.3) is 5.76 Å². The first-order chi connectivity index (χ1) is 17.2. The Morgan fingerprint density at radius 2 is 1.50 bits per heavy atom. The zero-order valence-electron chi connectivity index (χ0n) is 19.4. The second-order valence-electron chi connectivity index (χ2n) is 7.77. The SMILES string of the molecule is COc1ccc(C2/C(=C(\O)c3ccc(OC)c(OC)c3)C(=O)C(=O)N2c2ccc(F)c(F)c2)cc1O. The lowest BCUT2D eigenvalue weighted by Gasteiger charge is -2.26. The van der Waals surface area contributed by atoms with Crippen LogP contribution >= 0.6 is 0 Å². The largest absolute Gasteiger partial charge is 0.507 e. The number of phenolic OH excluding ortho intramolecular Hbond substituents is 1. The normalized spacial score (nSPS) is 16.8. The smallest absolute Gasteiger partial charge is 0.300 e. The Labute approximate surface area is 204 Å². The van der Waals surface area contributed by atoms with Crippen LogP contribution in [0.5, 0.6) is 23.0 Å². The van der Waals surface area contributed by atoms with E-state index in [1.807, 2.05) is 0 Å². The van der Waals surface area contributed by atoms with E-state index in [0.29, 0.717) is 5.75 Å². The van der Waals surface area contributed by atoms with Crippen molar-refractivity contribution in [1.82, 2.24) is 0 Å². The number of rotatable bonds is 6. The summed E-state index contributed by atoms with van der Waals surface area (Å²) in [7, 11) is 4.17. The van der Waals surface area contributed by atoms with Crippen molar-refractivity contribution < 1.29 is 42.8 Å². The predicted octanol–water partition coefficient (Wildman–Crippen LogP) is 4.32. The predicted molar refractivity (Wildman–Crippen MR) is 125 cm³/mol. The van der Waals surface area contributed by atoms with Crippen molar-refractivity contribution in [2.24, 2.45) is 0 Å². The molecule has 186 valence electrons. The van der Waals surface area contributed by atoms with Crippen molar-refractivity contribution in [2.45, 2.75) is 6.04 Å². The molecule has 1 atom stereocenters. The van der Waals surface area contributed by atoms with Gasteiger partial charge >= 0.3 is 0 Å². The van der Waals surface area contributed by atoms with Crippen molar-refractivity contribution in [1.29, 1.82) is 0 Å². The summed E-state index contributed by atoms with van der Waals surface area (Å²) in [5.74, 6) is -4.59. The van der Waals surface area contributed by atoms with E-state index in [0.717, 1.165) is 23.1 Å². The summed E-state index contributed by atoms with van der Waals surface area (Å²) in [5.41, 5.74) is -0.109. The van der Waals surface area contributed by atoms with Crippen LogP contribution in [0.3, 0.4) is 0 Å². The van der Waals surface area contributed by atoms with Gasteiger partial charge in [-0.15, -0.1) is 0 Å². The lowest BCUT2D eigenvalue weighted by molar-refractivity contribution is -0.132. The van der Waals surface area contributed by atoms with Crippen LogP contribution in [0.15, 0.2) is 60.2 Å². The summed E-state index contributed by atoms with van der Waals surface area (Å²) in [6.07, 6.45) is 0. The van der Waals surface area contributed by atoms with E-state index in [4.69, 9.17) is 14.2 Å². The van der Waals surface area contributed by atoms with Gasteiger partial charge in [0.15, 0.2) is 34.6 Å². The maximum Gasteiger partial charge on any atom is 0.300 e. The van der Waals surface area contributed by atoms with Gasteiger partial charge in [-0.05, 0) is 48.0 Å². The molecule has 36 heavy (non-hydrogen) atoms. The van der Waals surface area contributed by atoms with Crippen molar-refractivity contribution in [2.75, 3.05) is 26.2 Å². The summed E-state index contributed by atoms with van der Waals surface area (Å²) >= 11 is 0. The van der Waals surface area contributed by atoms with Crippen LogP contribution in [-0.4, -0.2) is 43.2 Å². The molecule has 0 aromatic heterocycles. The molecule has 3 aromatic rings. The number of aliphatic hydroxyl groups excluding tert-OH is 1. The standard InChI is InChI=1S/C26H21F2NO7/c1-34-19-8-4-13(10-18(19)30)23-22(24(31)14-5-9-20(35-2)21(11-14)36-3)25(32)26(33)29(23)15-6-7-16(27)17(28)12-15/h4-12,23,30-31H,1-3H3/b24-22+. The number of ether oxygens (including phenoxy) is 3. The van der Waals surface area contributed by atoms with Gasteiger partial charge in [0.05, 0.1) is 32.9 Å². The fourth-order valence-corrected chi connectivity index (χ4v) is 4.07. The summed E-state index contributed by atoms with van der Waals surface area (Å²) in [6.45, 7) is 0. The highest BCUT2D eigenvalue weighted by Gasteiger charge is 2.47. The number of hydrogen-bond acceptors (Lipinski definition) is 7. The molecule has 0 aliphatic carbocycles. The summed E-state index contributed by atoms with van der Waals surface area (Å²) in [4.78, 5) is 27.3. The molecule has 0 saturated carbocycles. The molecule has 1 aliphatic rings. The van der Waals surface area contributed by atoms with Crippen LogP contribution in [-0.2, 0) is 9.59 Å². The van der Waals surface area contributed by atoms with Gasteiger partial charge in [0.25, 0.3) is 11.7 Å². The van der Waals surface area contributed by atoms with E-state index in [1.54, 1.807) is 0 Å². The van der Waals surface area contributed by atoms with E-state index >= 15 is 0 Å². The Kier molecular flexibility index (Phi) is 6.52. The first kappa shape index (κ1) is 24.5. The monoisotopic (exact) mass is 497 g/mol. The Balaban J connectivity index is 1.97. The highest BCUT2D eigenvalue weighted by atomic mass is 19.2. The number of amides is 1. The molecule has 1 saturated heterocycles. The topological polar surface area (TPSA) is 106 Å². The molecule has 0 radical (unpaired) electrons. The molecule has 8 nitrogen and oxygen atoms in total. The van der Waals surface area contributed by atoms with Gasteiger partial charge in [-0.1, -0.05) is 6.07 Å². The zero-order chi connectivity index (χ0) is 26.1. The Bertz CT molecular complexity index is 1400. The molecule has 3 aromatic carbocycles. The number of methoxy groups -OCH3 is 3. The molecule has 1 unspecified atom stereocenters. The molecule has 1 heterocycles. The van der Waals surface area contributed by atoms with Crippen molar-refractivity contribution in [3.8, 4) is 23.0 Å². The number of carbonyl (C=O) groups excluding carboxylic acids is 2. The lowest BCUT2D eigenvalue weighted by Crippen LogP contribution is -2.29. The number of hydrogen-bond donors (Lipinski definition) is 2. The number of anilines is 1. The highest BCUT2D eigenvalue weighted by Crippen LogP contribution is 2.44. The summed E-state index contributed by atoms with van der Waals surface area (Å²) < 4.78 is 43.2. The van der Waals surface area contributed by atoms with Gasteiger partial charge in [-0.25, -0.2) is 8.78 Å². The van der Waals surface area contributed by atoms with E-state index in [2.05, 4.69) is 0 Å². The van der Waals surface area contributed by atoms with Crippen LogP contribution < -0.4 is 19.1 Å². The number of carbonyl (C=O) groups is 2. The molecule has 1 amide bonds. The fraction of sp³-hybridized carbons (Fsp3) is 0.154. The van der Waals surface area contributed by atoms with Gasteiger partial charge in [-0.2, -0.15) is 0 Å². The van der Waals surface area contributed by atoms with Crippen LogP contribution in [0.2, 0.25) is 0 Å². The minimum atomic E-state index is -1.29. The van der Waals surface area contributed by atoms with Gasteiger partial charge in [0, 0.05) is 17.3 Å². The number of Topliss-reactive ketones (excluding diaryl/α,β-unsaturated/α-hetero) is 1. The zero-order valence-corrected chi connectivity index (χ0v) is 19.4. The molecular weight excluding hydrogens is 476 g/mol. The summed E-state index contributed by atoms with van der Waals surface area (Å²) in [5, 5.41) is 21.6. The quantitative estimate of drug-likeness (QED) is 0.297. The van der Waals surface area contributed by atoms with E-state index in [-0.39, 0.29) is 39.6 Å². The van der Waals surface area contributed by atoms with Crippen molar-refractivity contribution in [3.63, 3.8) is 0 Å².